The number of nitrogens with one attached hydrogen (secondary N) is 1. The zero-order chi connectivity index (χ0) is 35.0. The van der Waals surface area contributed by atoms with Gasteiger partial charge in [-0.15, -0.1) is 5.75 Å². The fraction of sp³-hybridized carbons (Fsp3) is 0.0690. The van der Waals surface area contributed by atoms with Crippen LogP contribution in [0.5, 0.6) is 11.5 Å². The number of hydrogen-bond acceptors (Lipinski definition) is 7. The van der Waals surface area contributed by atoms with Crippen LogP contribution in [0.1, 0.15) is 26.4 Å². The van der Waals surface area contributed by atoms with E-state index in [1.165, 1.54) is 31.4 Å². The van der Waals surface area contributed by atoms with Crippen LogP contribution in [0.25, 0.3) is 32.7 Å². The van der Waals surface area contributed by atoms with Gasteiger partial charge >= 0.3 is 54.1 Å². The van der Waals surface area contributed by atoms with E-state index in [-0.39, 0.29) is 50.2 Å². The van der Waals surface area contributed by atoms with Gasteiger partial charge in [-0.2, -0.15) is 0 Å². The second-order valence-corrected chi connectivity index (χ2v) is 12.5. The Hall–Kier alpha value is -4.20. The van der Waals surface area contributed by atoms with Crippen LogP contribution in [0.2, 0.25) is 0 Å². The minimum absolute atomic E-state index is 0. The maximum Gasteiger partial charge on any atom is 2.00 e. The second kappa shape index (κ2) is 13.4. The van der Waals surface area contributed by atoms with Crippen molar-refractivity contribution in [2.45, 2.75) is 6.92 Å². The van der Waals surface area contributed by atoms with Crippen molar-refractivity contribution in [1.29, 1.82) is 0 Å². The molecule has 0 atom stereocenters. The molecule has 0 unspecified atom stereocenters. The fourth-order valence-electron chi connectivity index (χ4n) is 4.36. The molecule has 19 heteroatoms. The first-order valence-corrected chi connectivity index (χ1v) is 15.7. The number of halogens is 8. The molecule has 6 aromatic rings. The Balaban J connectivity index is 0.000000214. The molecule has 4 aromatic heterocycles. The van der Waals surface area contributed by atoms with Gasteiger partial charge in [0.05, 0.1) is 34.6 Å². The maximum absolute atomic E-state index is 12.7. The molecule has 0 radical (unpaired) electrons. The molecule has 2 amide bonds. The summed E-state index contributed by atoms with van der Waals surface area (Å²) < 4.78 is 71.8. The van der Waals surface area contributed by atoms with Gasteiger partial charge in [-0.25, -0.2) is 9.37 Å². The van der Waals surface area contributed by atoms with Crippen molar-refractivity contribution in [3.8, 4) is 11.5 Å². The summed E-state index contributed by atoms with van der Waals surface area (Å²) >= 11 is 3.07. The number of rotatable bonds is 0. The number of hydrogen-bond donors (Lipinski definition) is 2. The van der Waals surface area contributed by atoms with Crippen LogP contribution in [0.15, 0.2) is 77.8 Å². The Bertz CT molecular complexity index is 2060. The molecule has 7 rings (SSSR count). The molecule has 0 saturated carbocycles. The molecular formula is C29H20BrF7N5O4PPt. The van der Waals surface area contributed by atoms with E-state index in [0.29, 0.717) is 42.9 Å². The van der Waals surface area contributed by atoms with E-state index >= 15 is 0 Å². The second-order valence-electron chi connectivity index (χ2n) is 9.82. The number of pyridine rings is 3. The quantitative estimate of drug-likeness (QED) is 0.0674. The molecule has 0 spiro atoms. The van der Waals surface area contributed by atoms with Crippen molar-refractivity contribution in [2.24, 2.45) is 0 Å². The van der Waals surface area contributed by atoms with Crippen LogP contribution in [-0.2, 0) is 21.1 Å². The van der Waals surface area contributed by atoms with Gasteiger partial charge in [-0.05, 0) is 59.3 Å². The smallest absolute Gasteiger partial charge is 0.246 e. The van der Waals surface area contributed by atoms with Crippen LogP contribution in [-0.4, -0.2) is 48.8 Å². The molecule has 1 aliphatic heterocycles. The van der Waals surface area contributed by atoms with Crippen LogP contribution < -0.4 is 5.11 Å². The van der Waals surface area contributed by atoms with E-state index in [1.54, 1.807) is 42.6 Å². The van der Waals surface area contributed by atoms with E-state index in [1.807, 2.05) is 6.92 Å². The van der Waals surface area contributed by atoms with Gasteiger partial charge in [0.25, 0.3) is 11.8 Å². The first-order chi connectivity index (χ1) is 21.6. The number of nitrogens with zero attached hydrogens (tertiary/aromatic N) is 4. The number of imide groups is 1. The first kappa shape index (κ1) is 38.2. The molecule has 0 fully saturated rings. The topological polar surface area (TPSA) is 135 Å². The molecule has 0 aliphatic carbocycles. The van der Waals surface area contributed by atoms with E-state index in [4.69, 9.17) is 5.11 Å². The van der Waals surface area contributed by atoms with Crippen molar-refractivity contribution in [1.82, 2.24) is 24.8 Å². The average molecular weight is 941 g/mol. The number of fused-ring (bicyclic) bond motifs is 8. The largest absolute Gasteiger partial charge is 2.00 e. The van der Waals surface area contributed by atoms with E-state index in [9.17, 15) is 44.3 Å². The summed E-state index contributed by atoms with van der Waals surface area (Å²) in [7, 11) is -9.19. The van der Waals surface area contributed by atoms with Crippen molar-refractivity contribution < 1.29 is 70.4 Å². The Labute approximate surface area is 288 Å². The molecule has 0 saturated heterocycles. The number of carbonyl (C=O) groups excluding carboxylic acids is 2. The number of amides is 2. The van der Waals surface area contributed by atoms with Gasteiger partial charge in [0.1, 0.15) is 16.2 Å². The van der Waals surface area contributed by atoms with Crippen molar-refractivity contribution >= 4 is 68.3 Å². The monoisotopic (exact) mass is 940 g/mol. The predicted octanol–water partition coefficient (Wildman–Crippen LogP) is 8.63. The number of aryl methyl sites for hydroxylation is 1. The summed E-state index contributed by atoms with van der Waals surface area (Å²) in [4.78, 5) is 41.5. The minimum Gasteiger partial charge on any atom is -0.246 e. The summed E-state index contributed by atoms with van der Waals surface area (Å²) in [5.41, 5.74) is 3.64. The summed E-state index contributed by atoms with van der Waals surface area (Å²) in [6, 6.07) is 14.4. The zero-order valence-electron chi connectivity index (χ0n) is 24.2. The van der Waals surface area contributed by atoms with Crippen molar-refractivity contribution in [3.05, 3.63) is 100 Å². The van der Waals surface area contributed by atoms with Gasteiger partial charge in [-0.1, -0.05) is 18.2 Å². The molecule has 9 nitrogen and oxygen atoms in total. The molecular weight excluding hydrogens is 921 g/mol. The standard InChI is InChI=1S/C18H11N3O3.C6H7NO.C5H3BrFN.F6P.Pt/c1-21-17(23)13-9-3-2-6-19-15(9)16-12(14(13)18(21)24)10-7-8(22)4-5-11(10)20-16;1-5-2-3-6(8)4-7-5;6-5-2-1-4(7)3-8-5;1-7(2,3,4,5)6;/h2-7,20,22H,1H3;2-4,8H,1H3;1-3H;;/q;;;-1;+2/p-1. The van der Waals surface area contributed by atoms with Gasteiger partial charge in [0, 0.05) is 40.6 Å². The van der Waals surface area contributed by atoms with Crippen LogP contribution in [0, 0.1) is 12.7 Å². The van der Waals surface area contributed by atoms with Gasteiger partial charge in [0.2, 0.25) is 0 Å². The number of H-pyrrole nitrogens is 1. The summed E-state index contributed by atoms with van der Waals surface area (Å²) in [6.45, 7) is 1.87. The van der Waals surface area contributed by atoms with Crippen LogP contribution >= 0.6 is 23.7 Å². The third-order valence-corrected chi connectivity index (χ3v) is 6.68. The Morgan fingerprint density at radius 1 is 0.875 bits per heavy atom. The van der Waals surface area contributed by atoms with Gasteiger partial charge in [-0.3, -0.25) is 24.5 Å². The summed E-state index contributed by atoms with van der Waals surface area (Å²) in [5, 5.41) is 22.4. The van der Waals surface area contributed by atoms with E-state index in [0.717, 1.165) is 22.3 Å². The Morgan fingerprint density at radius 3 is 2.06 bits per heavy atom. The molecule has 2 N–H and O–H groups in total. The summed E-state index contributed by atoms with van der Waals surface area (Å²) in [6.07, 6.45) is 4.23. The third-order valence-electron chi connectivity index (χ3n) is 6.21. The van der Waals surface area contributed by atoms with Crippen molar-refractivity contribution in [3.63, 3.8) is 0 Å². The summed E-state index contributed by atoms with van der Waals surface area (Å²) in [5.74, 6) is -0.947. The van der Waals surface area contributed by atoms with E-state index < -0.39 is 7.81 Å². The molecule has 5 heterocycles. The van der Waals surface area contributed by atoms with Gasteiger partial charge in [0.15, 0.2) is 0 Å². The number of carbonyl (C=O) groups is 2. The molecule has 0 bridgehead atoms. The number of benzene rings is 2. The van der Waals surface area contributed by atoms with Crippen LogP contribution in [0.3, 0.4) is 0 Å². The van der Waals surface area contributed by atoms with E-state index in [2.05, 4.69) is 35.9 Å². The predicted molar refractivity (Wildman–Crippen MR) is 163 cm³/mol. The molecule has 48 heavy (non-hydrogen) atoms. The SMILES string of the molecule is CN1C(=O)c2c(c3c4cc([O-])ccc4[nH]c3c3ncccc23)C1=O.Cc1ccc(O)cn1.F[P-](F)(F)(F)(F)F.Fc1ccc(Br)nc1.[Pt+2]. The third kappa shape index (κ3) is 9.91. The Morgan fingerprint density at radius 2 is 1.52 bits per heavy atom. The number of aromatic amines is 1. The zero-order valence-corrected chi connectivity index (χ0v) is 28.9. The van der Waals surface area contributed by atoms with Crippen molar-refractivity contribution in [2.75, 3.05) is 7.05 Å². The average Bonchev–Trinajstić information content (AvgIpc) is 3.46. The number of aromatic nitrogens is 4. The van der Waals surface area contributed by atoms with Crippen LogP contribution in [0.4, 0.5) is 29.6 Å². The molecule has 2 aromatic carbocycles. The Kier molecular flexibility index (Phi) is 10.6. The molecule has 256 valence electrons. The first-order valence-electron chi connectivity index (χ1n) is 12.9. The maximum atomic E-state index is 12.7. The molecule has 1 aliphatic rings. The van der Waals surface area contributed by atoms with Gasteiger partial charge < -0.3 is 15.2 Å². The number of aromatic hydroxyl groups is 1. The minimum atomic E-state index is -10.7. The normalized spacial score (nSPS) is 13.6. The fourth-order valence-corrected chi connectivity index (χ4v) is 4.59.